The average Bonchev–Trinajstić information content (AvgIpc) is 2.43. The Bertz CT molecular complexity index is 437. The van der Waals surface area contributed by atoms with Gasteiger partial charge in [0, 0.05) is 0 Å². The van der Waals surface area contributed by atoms with Crippen LogP contribution >= 0.6 is 0 Å². The van der Waals surface area contributed by atoms with Crippen molar-refractivity contribution in [3.63, 3.8) is 0 Å². The van der Waals surface area contributed by atoms with E-state index in [-0.39, 0.29) is 54.8 Å². The van der Waals surface area contributed by atoms with Crippen LogP contribution in [0.15, 0.2) is 30.3 Å². The molecule has 6 heteroatoms. The second kappa shape index (κ2) is 12.2. The Morgan fingerprint density at radius 3 is 1.91 bits per heavy atom. The van der Waals surface area contributed by atoms with Gasteiger partial charge in [-0.3, -0.25) is 9.59 Å². The molecule has 1 rings (SSSR count). The van der Waals surface area contributed by atoms with Crippen LogP contribution in [0.5, 0.6) is 0 Å². The van der Waals surface area contributed by atoms with Crippen LogP contribution in [0.3, 0.4) is 0 Å². The summed E-state index contributed by atoms with van der Waals surface area (Å²) in [4.78, 5) is 23.2. The van der Waals surface area contributed by atoms with Crippen LogP contribution in [0.1, 0.15) is 51.0 Å². The van der Waals surface area contributed by atoms with Crippen LogP contribution in [0.4, 0.5) is 0 Å². The van der Waals surface area contributed by atoms with E-state index in [4.69, 9.17) is 0 Å². The molecule has 0 aliphatic rings. The van der Waals surface area contributed by atoms with Gasteiger partial charge in [0.05, 0.1) is 0 Å². The first-order valence-corrected chi connectivity index (χ1v) is 7.08. The summed E-state index contributed by atoms with van der Waals surface area (Å²) >= 11 is 0. The van der Waals surface area contributed by atoms with Gasteiger partial charge in [-0.05, 0) is 12.0 Å². The monoisotopic (exact) mass is 310 g/mol. The molecule has 0 spiro atoms. The molecule has 0 heterocycles. The third kappa shape index (κ3) is 6.10. The number of carboxylic acid groups (broad SMARTS) is 2. The molecule has 0 atom stereocenters. The fourth-order valence-electron chi connectivity index (χ4n) is 2.41. The number of aliphatic carboxylic acids is 2. The molecule has 0 amide bonds. The van der Waals surface area contributed by atoms with E-state index in [9.17, 15) is 19.8 Å². The zero-order valence-corrected chi connectivity index (χ0v) is 11.8. The van der Waals surface area contributed by atoms with E-state index < -0.39 is 17.4 Å². The second-order valence-corrected chi connectivity index (χ2v) is 5.05. The van der Waals surface area contributed by atoms with E-state index >= 15 is 0 Å². The van der Waals surface area contributed by atoms with E-state index in [1.165, 1.54) is 0 Å². The van der Waals surface area contributed by atoms with Crippen molar-refractivity contribution in [2.75, 3.05) is 0 Å². The van der Waals surface area contributed by atoms with Gasteiger partial charge in [-0.2, -0.15) is 0 Å². The van der Waals surface area contributed by atoms with Crippen molar-refractivity contribution >= 4 is 60.4 Å². The average molecular weight is 310 g/mol. The van der Waals surface area contributed by atoms with Gasteiger partial charge in [0.15, 0.2) is 5.41 Å². The number of hydrogen-bond donors (Lipinski definition) is 2. The van der Waals surface area contributed by atoms with Gasteiger partial charge in [-0.15, -0.1) is 0 Å². The molecule has 0 aromatic heterocycles. The van der Waals surface area contributed by atoms with E-state index in [0.717, 1.165) is 25.7 Å². The summed E-state index contributed by atoms with van der Waals surface area (Å²) in [5.74, 6) is -2.57. The molecule has 114 valence electrons. The molecular weight excluding hydrogens is 286 g/mol. The minimum atomic E-state index is -1.83. The predicted molar refractivity (Wildman–Crippen MR) is 91.1 cm³/mol. The number of carbonyl (C=O) groups is 2. The van der Waals surface area contributed by atoms with Crippen LogP contribution < -0.4 is 0 Å². The molecule has 0 saturated carbocycles. The summed E-state index contributed by atoms with van der Waals surface area (Å²) in [6.07, 6.45) is 4.81. The SMILES string of the molecule is CCCCCCCC(C(=O)O)(C(=O)O)c1ccccc1.[LiH].[NaH]. The number of rotatable bonds is 9. The normalized spacial score (nSPS) is 10.2. The maximum atomic E-state index is 11.6. The zero-order chi connectivity index (χ0) is 15.0. The third-order valence-electron chi connectivity index (χ3n) is 3.65. The molecule has 2 N–H and O–H groups in total. The Morgan fingerprint density at radius 2 is 1.45 bits per heavy atom. The summed E-state index contributed by atoms with van der Waals surface area (Å²) < 4.78 is 0. The van der Waals surface area contributed by atoms with Gasteiger partial charge in [-0.1, -0.05) is 69.4 Å². The molecule has 1 aromatic rings. The minimum absolute atomic E-state index is 0. The Labute approximate surface area is 166 Å². The van der Waals surface area contributed by atoms with Crippen molar-refractivity contribution in [1.82, 2.24) is 0 Å². The molecule has 0 saturated heterocycles. The van der Waals surface area contributed by atoms with Crippen LogP contribution in [0, 0.1) is 0 Å². The van der Waals surface area contributed by atoms with Crippen molar-refractivity contribution < 1.29 is 19.8 Å². The van der Waals surface area contributed by atoms with Gasteiger partial charge in [0.1, 0.15) is 0 Å². The van der Waals surface area contributed by atoms with Crippen molar-refractivity contribution in [2.45, 2.75) is 50.9 Å². The van der Waals surface area contributed by atoms with E-state index in [1.807, 2.05) is 0 Å². The summed E-state index contributed by atoms with van der Waals surface area (Å²) in [6, 6.07) is 8.25. The van der Waals surface area contributed by atoms with Crippen molar-refractivity contribution in [3.8, 4) is 0 Å². The molecule has 4 nitrogen and oxygen atoms in total. The molecule has 0 aliphatic heterocycles. The Hall–Kier alpha value is -0.243. The summed E-state index contributed by atoms with van der Waals surface area (Å²) in [5.41, 5.74) is -1.48. The molecular formula is C16H24LiNaO4. The first kappa shape index (κ1) is 24.0. The standard InChI is InChI=1S/C16H22O4.Li.Na.2H/c1-2-3-4-5-9-12-16(14(17)18,15(19)20)13-10-7-6-8-11-13;;;;/h6-8,10-11H,2-5,9,12H2,1H3,(H,17,18)(H,19,20);;;;. The van der Waals surface area contributed by atoms with Crippen LogP contribution in [0.25, 0.3) is 0 Å². The molecule has 0 radical (unpaired) electrons. The third-order valence-corrected chi connectivity index (χ3v) is 3.65. The number of benzene rings is 1. The van der Waals surface area contributed by atoms with Crippen molar-refractivity contribution in [2.24, 2.45) is 0 Å². The fourth-order valence-corrected chi connectivity index (χ4v) is 2.41. The molecule has 0 bridgehead atoms. The Morgan fingerprint density at radius 1 is 0.955 bits per heavy atom. The van der Waals surface area contributed by atoms with E-state index in [1.54, 1.807) is 30.3 Å². The van der Waals surface area contributed by atoms with Gasteiger partial charge >= 0.3 is 60.4 Å². The van der Waals surface area contributed by atoms with Crippen LogP contribution in [-0.4, -0.2) is 70.6 Å². The molecule has 0 unspecified atom stereocenters. The summed E-state index contributed by atoms with van der Waals surface area (Å²) in [5, 5.41) is 18.9. The van der Waals surface area contributed by atoms with Crippen molar-refractivity contribution in [1.29, 1.82) is 0 Å². The van der Waals surface area contributed by atoms with Crippen molar-refractivity contribution in [3.05, 3.63) is 35.9 Å². The van der Waals surface area contributed by atoms with Crippen LogP contribution in [-0.2, 0) is 15.0 Å². The van der Waals surface area contributed by atoms with Gasteiger partial charge < -0.3 is 10.2 Å². The van der Waals surface area contributed by atoms with E-state index in [2.05, 4.69) is 6.92 Å². The molecule has 22 heavy (non-hydrogen) atoms. The van der Waals surface area contributed by atoms with Gasteiger partial charge in [0.2, 0.25) is 0 Å². The Kier molecular flexibility index (Phi) is 13.3. The van der Waals surface area contributed by atoms with Crippen LogP contribution in [0.2, 0.25) is 0 Å². The summed E-state index contributed by atoms with van der Waals surface area (Å²) in [6.45, 7) is 2.10. The molecule has 0 aliphatic carbocycles. The second-order valence-electron chi connectivity index (χ2n) is 5.05. The number of unbranched alkanes of at least 4 members (excludes halogenated alkanes) is 4. The molecule has 0 fully saturated rings. The maximum absolute atomic E-state index is 11.6. The quantitative estimate of drug-likeness (QED) is 0.416. The van der Waals surface area contributed by atoms with Gasteiger partial charge in [-0.25, -0.2) is 0 Å². The number of carboxylic acids is 2. The fraction of sp³-hybridized carbons (Fsp3) is 0.500. The topological polar surface area (TPSA) is 74.6 Å². The zero-order valence-electron chi connectivity index (χ0n) is 11.8. The summed E-state index contributed by atoms with van der Waals surface area (Å²) in [7, 11) is 0. The van der Waals surface area contributed by atoms with E-state index in [0.29, 0.717) is 12.0 Å². The Balaban J connectivity index is 0. The molecule has 1 aromatic carbocycles. The predicted octanol–water partition coefficient (Wildman–Crippen LogP) is 2.16. The number of hydrogen-bond acceptors (Lipinski definition) is 2. The first-order valence-electron chi connectivity index (χ1n) is 7.08. The van der Waals surface area contributed by atoms with Gasteiger partial charge in [0.25, 0.3) is 0 Å². The first-order chi connectivity index (χ1) is 9.55.